The second-order valence-corrected chi connectivity index (χ2v) is 4.82. The molecule has 0 aromatic carbocycles. The predicted octanol–water partition coefficient (Wildman–Crippen LogP) is 1.98. The number of halogens is 1. The van der Waals surface area contributed by atoms with Crippen LogP contribution in [-0.2, 0) is 14.2 Å². The van der Waals surface area contributed by atoms with Crippen molar-refractivity contribution >= 4 is 15.9 Å². The lowest BCUT2D eigenvalue weighted by Gasteiger charge is -2.30. The average molecular weight is 267 g/mol. The Balaban J connectivity index is 1.72. The van der Waals surface area contributed by atoms with Crippen molar-refractivity contribution < 1.29 is 14.2 Å². The minimum Gasteiger partial charge on any atom is -0.385 e. The van der Waals surface area contributed by atoms with Crippen molar-refractivity contribution in [2.75, 3.05) is 33.5 Å². The topological polar surface area (TPSA) is 27.7 Å². The third-order valence-electron chi connectivity index (χ3n) is 2.26. The van der Waals surface area contributed by atoms with Crippen LogP contribution in [0.2, 0.25) is 0 Å². The quantitative estimate of drug-likeness (QED) is 0.497. The molecule has 0 aliphatic heterocycles. The van der Waals surface area contributed by atoms with Crippen molar-refractivity contribution in [1.29, 1.82) is 0 Å². The molecule has 0 atom stereocenters. The summed E-state index contributed by atoms with van der Waals surface area (Å²) in [5, 5.41) is 0. The van der Waals surface area contributed by atoms with Gasteiger partial charge in [0.05, 0.1) is 19.3 Å². The normalized spacial score (nSPS) is 26.1. The first-order valence-corrected chi connectivity index (χ1v) is 6.07. The minimum atomic E-state index is 0.460. The second-order valence-electron chi connectivity index (χ2n) is 3.52. The molecule has 0 N–H and O–H groups in total. The Bertz CT molecular complexity index is 137. The van der Waals surface area contributed by atoms with E-state index in [4.69, 9.17) is 14.2 Å². The van der Waals surface area contributed by atoms with Crippen LogP contribution >= 0.6 is 15.9 Å². The summed E-state index contributed by atoms with van der Waals surface area (Å²) in [4.78, 5) is 0.676. The van der Waals surface area contributed by atoms with Crippen molar-refractivity contribution in [2.45, 2.75) is 30.2 Å². The van der Waals surface area contributed by atoms with E-state index in [1.165, 1.54) is 0 Å². The maximum Gasteiger partial charge on any atom is 0.0704 e. The Hall–Kier alpha value is 0.360. The molecule has 1 saturated carbocycles. The molecule has 1 aliphatic carbocycles. The molecule has 0 amide bonds. The van der Waals surface area contributed by atoms with E-state index in [2.05, 4.69) is 15.9 Å². The Kier molecular flexibility index (Phi) is 6.77. The molecule has 0 unspecified atom stereocenters. The van der Waals surface area contributed by atoms with Gasteiger partial charge in [0, 0.05) is 25.2 Å². The van der Waals surface area contributed by atoms with Gasteiger partial charge in [0.1, 0.15) is 0 Å². The summed E-state index contributed by atoms with van der Waals surface area (Å²) < 4.78 is 15.8. The van der Waals surface area contributed by atoms with Crippen molar-refractivity contribution in [2.24, 2.45) is 0 Å². The standard InChI is InChI=1S/C10H19BrO3/c1-12-3-2-4-13-5-6-14-10-7-9(11)8-10/h9-10H,2-8H2,1H3. The fourth-order valence-corrected chi connectivity index (χ4v) is 2.15. The van der Waals surface area contributed by atoms with Crippen LogP contribution in [0, 0.1) is 0 Å². The molecule has 84 valence electrons. The van der Waals surface area contributed by atoms with E-state index in [0.29, 0.717) is 17.5 Å². The van der Waals surface area contributed by atoms with E-state index in [1.807, 2.05) is 0 Å². The number of methoxy groups -OCH3 is 1. The first kappa shape index (κ1) is 12.4. The van der Waals surface area contributed by atoms with Gasteiger partial charge < -0.3 is 14.2 Å². The summed E-state index contributed by atoms with van der Waals surface area (Å²) in [5.74, 6) is 0. The first-order chi connectivity index (χ1) is 6.83. The van der Waals surface area contributed by atoms with Gasteiger partial charge in [0.15, 0.2) is 0 Å². The van der Waals surface area contributed by atoms with Crippen LogP contribution in [0.1, 0.15) is 19.3 Å². The van der Waals surface area contributed by atoms with Gasteiger partial charge in [0.2, 0.25) is 0 Å². The predicted molar refractivity (Wildman–Crippen MR) is 59.0 cm³/mol. The maximum atomic E-state index is 5.57. The zero-order chi connectivity index (χ0) is 10.2. The van der Waals surface area contributed by atoms with E-state index in [9.17, 15) is 0 Å². The number of alkyl halides is 1. The molecule has 0 spiro atoms. The fourth-order valence-electron chi connectivity index (χ4n) is 1.32. The van der Waals surface area contributed by atoms with E-state index in [-0.39, 0.29) is 0 Å². The summed E-state index contributed by atoms with van der Waals surface area (Å²) in [6.45, 7) is 2.96. The van der Waals surface area contributed by atoms with Crippen molar-refractivity contribution in [1.82, 2.24) is 0 Å². The minimum absolute atomic E-state index is 0.460. The molecule has 0 aromatic heterocycles. The zero-order valence-electron chi connectivity index (χ0n) is 8.71. The first-order valence-electron chi connectivity index (χ1n) is 5.15. The van der Waals surface area contributed by atoms with Gasteiger partial charge in [0.25, 0.3) is 0 Å². The van der Waals surface area contributed by atoms with Gasteiger partial charge in [-0.1, -0.05) is 15.9 Å². The Morgan fingerprint density at radius 2 is 1.93 bits per heavy atom. The summed E-state index contributed by atoms with van der Waals surface area (Å²) in [7, 11) is 1.70. The number of hydrogen-bond donors (Lipinski definition) is 0. The molecule has 0 aromatic rings. The molecule has 0 radical (unpaired) electrons. The second kappa shape index (κ2) is 7.63. The van der Waals surface area contributed by atoms with E-state index < -0.39 is 0 Å². The molecule has 0 bridgehead atoms. The SMILES string of the molecule is COCCCOCCOC1CC(Br)C1. The molecular formula is C10H19BrO3. The molecule has 1 aliphatic rings. The Labute approximate surface area is 94.2 Å². The smallest absolute Gasteiger partial charge is 0.0704 e. The third-order valence-corrected chi connectivity index (χ3v) is 3.00. The van der Waals surface area contributed by atoms with Crippen LogP contribution in [0.4, 0.5) is 0 Å². The summed E-state index contributed by atoms with van der Waals surface area (Å²) >= 11 is 3.53. The largest absolute Gasteiger partial charge is 0.385 e. The van der Waals surface area contributed by atoms with Gasteiger partial charge in [-0.2, -0.15) is 0 Å². The van der Waals surface area contributed by atoms with Crippen LogP contribution in [0.15, 0.2) is 0 Å². The lowest BCUT2D eigenvalue weighted by atomic mass is 9.96. The van der Waals surface area contributed by atoms with Gasteiger partial charge in [-0.25, -0.2) is 0 Å². The fraction of sp³-hybridized carbons (Fsp3) is 1.00. The number of rotatable bonds is 8. The highest BCUT2D eigenvalue weighted by atomic mass is 79.9. The number of ether oxygens (including phenoxy) is 3. The van der Waals surface area contributed by atoms with Crippen LogP contribution in [0.3, 0.4) is 0 Å². The van der Waals surface area contributed by atoms with E-state index in [0.717, 1.165) is 39.1 Å². The number of hydrogen-bond acceptors (Lipinski definition) is 3. The maximum absolute atomic E-state index is 5.57. The van der Waals surface area contributed by atoms with Gasteiger partial charge >= 0.3 is 0 Å². The summed E-state index contributed by atoms with van der Waals surface area (Å²) in [6.07, 6.45) is 3.71. The molecule has 1 fully saturated rings. The monoisotopic (exact) mass is 266 g/mol. The van der Waals surface area contributed by atoms with Gasteiger partial charge in [-0.15, -0.1) is 0 Å². The lowest BCUT2D eigenvalue weighted by molar-refractivity contribution is -0.0269. The van der Waals surface area contributed by atoms with Crippen molar-refractivity contribution in [3.8, 4) is 0 Å². The molecule has 0 heterocycles. The van der Waals surface area contributed by atoms with E-state index in [1.54, 1.807) is 7.11 Å². The molecule has 3 nitrogen and oxygen atoms in total. The molecule has 0 saturated heterocycles. The lowest BCUT2D eigenvalue weighted by Crippen LogP contribution is -2.32. The zero-order valence-corrected chi connectivity index (χ0v) is 10.3. The average Bonchev–Trinajstić information content (AvgIpc) is 2.13. The van der Waals surface area contributed by atoms with Crippen LogP contribution < -0.4 is 0 Å². The highest BCUT2D eigenvalue weighted by molar-refractivity contribution is 9.09. The summed E-state index contributed by atoms with van der Waals surface area (Å²) in [5.41, 5.74) is 0. The summed E-state index contributed by atoms with van der Waals surface area (Å²) in [6, 6.07) is 0. The van der Waals surface area contributed by atoms with Crippen molar-refractivity contribution in [3.05, 3.63) is 0 Å². The van der Waals surface area contributed by atoms with E-state index >= 15 is 0 Å². The van der Waals surface area contributed by atoms with Gasteiger partial charge in [-0.3, -0.25) is 0 Å². The van der Waals surface area contributed by atoms with Crippen LogP contribution in [0.5, 0.6) is 0 Å². The highest BCUT2D eigenvalue weighted by Crippen LogP contribution is 2.29. The molecule has 1 rings (SSSR count). The van der Waals surface area contributed by atoms with Crippen LogP contribution in [0.25, 0.3) is 0 Å². The Morgan fingerprint density at radius 1 is 1.14 bits per heavy atom. The van der Waals surface area contributed by atoms with Gasteiger partial charge in [-0.05, 0) is 19.3 Å². The van der Waals surface area contributed by atoms with Crippen molar-refractivity contribution in [3.63, 3.8) is 0 Å². The third kappa shape index (κ3) is 5.29. The highest BCUT2D eigenvalue weighted by Gasteiger charge is 2.26. The molecular weight excluding hydrogens is 248 g/mol. The molecule has 14 heavy (non-hydrogen) atoms. The van der Waals surface area contributed by atoms with Crippen LogP contribution in [-0.4, -0.2) is 44.5 Å². The Morgan fingerprint density at radius 3 is 2.57 bits per heavy atom. The molecule has 4 heteroatoms.